The van der Waals surface area contributed by atoms with Gasteiger partial charge in [-0.3, -0.25) is 4.79 Å². The molecule has 0 fully saturated rings. The van der Waals surface area contributed by atoms with Gasteiger partial charge in [0.05, 0.1) is 28.7 Å². The van der Waals surface area contributed by atoms with Crippen molar-refractivity contribution in [3.05, 3.63) is 89.0 Å². The van der Waals surface area contributed by atoms with Crippen molar-refractivity contribution < 1.29 is 19.1 Å². The summed E-state index contributed by atoms with van der Waals surface area (Å²) in [6.07, 6.45) is 4.50. The zero-order valence-electron chi connectivity index (χ0n) is 13.9. The smallest absolute Gasteiger partial charge is 0.335 e. The summed E-state index contributed by atoms with van der Waals surface area (Å²) in [6, 6.07) is 12.0. The third-order valence-electron chi connectivity index (χ3n) is 3.93. The highest BCUT2D eigenvalue weighted by Gasteiger charge is 2.13. The van der Waals surface area contributed by atoms with Crippen molar-refractivity contribution in [3.8, 4) is 5.69 Å². The van der Waals surface area contributed by atoms with Crippen molar-refractivity contribution in [3.63, 3.8) is 0 Å². The quantitative estimate of drug-likeness (QED) is 0.559. The van der Waals surface area contributed by atoms with E-state index in [2.05, 4.69) is 5.10 Å². The van der Waals surface area contributed by atoms with Crippen LogP contribution in [-0.4, -0.2) is 26.6 Å². The number of carboxylic acid groups (broad SMARTS) is 1. The number of benzene rings is 2. The second kappa shape index (κ2) is 7.14. The molecule has 0 saturated carbocycles. The van der Waals surface area contributed by atoms with Crippen LogP contribution in [0.2, 0.25) is 0 Å². The minimum Gasteiger partial charge on any atom is -0.478 e. The SMILES string of the molecule is Cc1c(C(=O)C=Cc2ccc(C(=O)O)cc2)cnn1-c1ccc(F)cc1. The number of nitrogens with zero attached hydrogens (tertiary/aromatic N) is 2. The van der Waals surface area contributed by atoms with Crippen LogP contribution in [0, 0.1) is 12.7 Å². The van der Waals surface area contributed by atoms with Gasteiger partial charge in [-0.1, -0.05) is 18.2 Å². The molecule has 1 aromatic heterocycles. The maximum Gasteiger partial charge on any atom is 0.335 e. The number of halogens is 1. The topological polar surface area (TPSA) is 72.2 Å². The molecule has 26 heavy (non-hydrogen) atoms. The van der Waals surface area contributed by atoms with Crippen LogP contribution in [0.25, 0.3) is 11.8 Å². The molecule has 0 aliphatic carbocycles. The number of hydrogen-bond acceptors (Lipinski definition) is 3. The molecule has 0 radical (unpaired) electrons. The van der Waals surface area contributed by atoms with Gasteiger partial charge in [0, 0.05) is 0 Å². The van der Waals surface area contributed by atoms with Gasteiger partial charge in [0.2, 0.25) is 0 Å². The average molecular weight is 350 g/mol. The summed E-state index contributed by atoms with van der Waals surface area (Å²) in [4.78, 5) is 23.3. The lowest BCUT2D eigenvalue weighted by molar-refractivity contribution is 0.0696. The normalized spacial score (nSPS) is 11.0. The summed E-state index contributed by atoms with van der Waals surface area (Å²) >= 11 is 0. The standard InChI is InChI=1S/C20H15FN2O3/c1-13-18(12-22-23(13)17-9-7-16(21)8-10-17)19(24)11-4-14-2-5-15(6-3-14)20(25)26/h2-12H,1H3,(H,25,26). The van der Waals surface area contributed by atoms with Crippen LogP contribution < -0.4 is 0 Å². The maximum atomic E-state index is 13.0. The number of ketones is 1. The predicted molar refractivity (Wildman–Crippen MR) is 95.0 cm³/mol. The lowest BCUT2D eigenvalue weighted by atomic mass is 10.1. The maximum absolute atomic E-state index is 13.0. The number of carbonyl (C=O) groups excluding carboxylic acids is 1. The Morgan fingerprint density at radius 1 is 1.08 bits per heavy atom. The largest absolute Gasteiger partial charge is 0.478 e. The van der Waals surface area contributed by atoms with E-state index in [0.29, 0.717) is 22.5 Å². The Kier molecular flexibility index (Phi) is 4.75. The summed E-state index contributed by atoms with van der Waals surface area (Å²) in [5, 5.41) is 13.1. The van der Waals surface area contributed by atoms with E-state index in [-0.39, 0.29) is 17.2 Å². The number of aromatic nitrogens is 2. The number of carboxylic acids is 1. The molecular formula is C20H15FN2O3. The van der Waals surface area contributed by atoms with Crippen molar-refractivity contribution in [1.29, 1.82) is 0 Å². The van der Waals surface area contributed by atoms with Gasteiger partial charge in [0.1, 0.15) is 5.82 Å². The first-order valence-electron chi connectivity index (χ1n) is 7.82. The lowest BCUT2D eigenvalue weighted by Crippen LogP contribution is -2.01. The number of hydrogen-bond donors (Lipinski definition) is 1. The molecule has 2 aromatic carbocycles. The molecule has 0 atom stereocenters. The number of carbonyl (C=O) groups is 2. The van der Waals surface area contributed by atoms with Crippen LogP contribution in [0.5, 0.6) is 0 Å². The second-order valence-electron chi connectivity index (χ2n) is 5.66. The van der Waals surface area contributed by atoms with Crippen LogP contribution in [0.4, 0.5) is 4.39 Å². The Morgan fingerprint density at radius 3 is 2.35 bits per heavy atom. The first kappa shape index (κ1) is 17.3. The van der Waals surface area contributed by atoms with Gasteiger partial charge in [-0.25, -0.2) is 13.9 Å². The van der Waals surface area contributed by atoms with Crippen LogP contribution in [0.3, 0.4) is 0 Å². The summed E-state index contributed by atoms with van der Waals surface area (Å²) in [5.74, 6) is -1.56. The molecular weight excluding hydrogens is 335 g/mol. The highest BCUT2D eigenvalue weighted by molar-refractivity contribution is 6.07. The summed E-state index contributed by atoms with van der Waals surface area (Å²) in [7, 11) is 0. The second-order valence-corrected chi connectivity index (χ2v) is 5.66. The minimum absolute atomic E-state index is 0.185. The van der Waals surface area contributed by atoms with E-state index in [1.54, 1.807) is 41.9 Å². The first-order valence-corrected chi connectivity index (χ1v) is 7.82. The molecule has 3 rings (SSSR count). The Hall–Kier alpha value is -3.54. The third kappa shape index (κ3) is 3.59. The molecule has 1 heterocycles. The van der Waals surface area contributed by atoms with E-state index >= 15 is 0 Å². The van der Waals surface area contributed by atoms with E-state index in [1.807, 2.05) is 0 Å². The molecule has 0 aliphatic rings. The van der Waals surface area contributed by atoms with Crippen LogP contribution in [-0.2, 0) is 0 Å². The van der Waals surface area contributed by atoms with Gasteiger partial charge in [-0.2, -0.15) is 5.10 Å². The monoisotopic (exact) mass is 350 g/mol. The van der Waals surface area contributed by atoms with Crippen molar-refractivity contribution in [2.24, 2.45) is 0 Å². The van der Waals surface area contributed by atoms with Crippen molar-refractivity contribution in [2.75, 3.05) is 0 Å². The Balaban J connectivity index is 1.80. The molecule has 6 heteroatoms. The zero-order chi connectivity index (χ0) is 18.7. The van der Waals surface area contributed by atoms with Crippen LogP contribution in [0.15, 0.2) is 60.8 Å². The van der Waals surface area contributed by atoms with Gasteiger partial charge in [0.25, 0.3) is 0 Å². The summed E-state index contributed by atoms with van der Waals surface area (Å²) in [6.45, 7) is 1.76. The molecule has 0 unspecified atom stereocenters. The van der Waals surface area contributed by atoms with E-state index in [9.17, 15) is 14.0 Å². The molecule has 0 spiro atoms. The molecule has 0 saturated heterocycles. The van der Waals surface area contributed by atoms with Gasteiger partial charge in [-0.05, 0) is 55.0 Å². The Labute approximate surface area is 149 Å². The van der Waals surface area contributed by atoms with Crippen molar-refractivity contribution in [1.82, 2.24) is 9.78 Å². The molecule has 0 aliphatic heterocycles. The number of allylic oxidation sites excluding steroid dienone is 1. The van der Waals surface area contributed by atoms with Gasteiger partial charge < -0.3 is 5.11 Å². The van der Waals surface area contributed by atoms with Gasteiger partial charge in [0.15, 0.2) is 5.78 Å². The highest BCUT2D eigenvalue weighted by Crippen LogP contribution is 2.16. The van der Waals surface area contributed by atoms with Gasteiger partial charge in [-0.15, -0.1) is 0 Å². The number of rotatable bonds is 5. The predicted octanol–water partition coefficient (Wildman–Crippen LogP) is 3.91. The zero-order valence-corrected chi connectivity index (χ0v) is 13.9. The fourth-order valence-electron chi connectivity index (χ4n) is 2.49. The fourth-order valence-corrected chi connectivity index (χ4v) is 2.49. The Bertz CT molecular complexity index is 987. The molecule has 0 bridgehead atoms. The lowest BCUT2D eigenvalue weighted by Gasteiger charge is -2.04. The van der Waals surface area contributed by atoms with E-state index in [0.717, 1.165) is 0 Å². The molecule has 1 N–H and O–H groups in total. The fraction of sp³-hybridized carbons (Fsp3) is 0.0500. The highest BCUT2D eigenvalue weighted by atomic mass is 19.1. The summed E-state index contributed by atoms with van der Waals surface area (Å²) in [5.41, 5.74) is 2.65. The van der Waals surface area contributed by atoms with Crippen LogP contribution >= 0.6 is 0 Å². The third-order valence-corrected chi connectivity index (χ3v) is 3.93. The van der Waals surface area contributed by atoms with Crippen molar-refractivity contribution >= 4 is 17.8 Å². The van der Waals surface area contributed by atoms with Gasteiger partial charge >= 0.3 is 5.97 Å². The molecule has 130 valence electrons. The number of aromatic carboxylic acids is 1. The van der Waals surface area contributed by atoms with E-state index in [4.69, 9.17) is 5.11 Å². The minimum atomic E-state index is -1.000. The summed E-state index contributed by atoms with van der Waals surface area (Å²) < 4.78 is 14.6. The average Bonchev–Trinajstić information content (AvgIpc) is 3.02. The van der Waals surface area contributed by atoms with E-state index < -0.39 is 5.97 Å². The van der Waals surface area contributed by atoms with E-state index in [1.165, 1.54) is 36.5 Å². The van der Waals surface area contributed by atoms with Crippen molar-refractivity contribution in [2.45, 2.75) is 6.92 Å². The first-order chi connectivity index (χ1) is 12.5. The van der Waals surface area contributed by atoms with Crippen LogP contribution in [0.1, 0.15) is 32.0 Å². The Morgan fingerprint density at radius 2 is 1.73 bits per heavy atom. The molecule has 0 amide bonds. The molecule has 5 nitrogen and oxygen atoms in total. The molecule has 3 aromatic rings.